The van der Waals surface area contributed by atoms with Crippen molar-refractivity contribution in [3.8, 4) is 0 Å². The van der Waals surface area contributed by atoms with Gasteiger partial charge >= 0.3 is 0 Å². The van der Waals surface area contributed by atoms with Crippen molar-refractivity contribution >= 4 is 37.5 Å². The van der Waals surface area contributed by atoms with Gasteiger partial charge in [-0.3, -0.25) is 0 Å². The quantitative estimate of drug-likeness (QED) is 0.747. The van der Waals surface area contributed by atoms with E-state index in [1.54, 1.807) is 6.07 Å². The Morgan fingerprint density at radius 3 is 2.22 bits per heavy atom. The third-order valence-electron chi connectivity index (χ3n) is 2.66. The zero-order valence-electron chi connectivity index (χ0n) is 9.75. The molecule has 0 saturated carbocycles. The van der Waals surface area contributed by atoms with Gasteiger partial charge in [0.1, 0.15) is 5.82 Å². The predicted octanol–water partition coefficient (Wildman–Crippen LogP) is 5.52. The molecule has 18 heavy (non-hydrogen) atoms. The van der Waals surface area contributed by atoms with Crippen molar-refractivity contribution in [2.75, 3.05) is 5.32 Å². The first-order chi connectivity index (χ1) is 8.56. The van der Waals surface area contributed by atoms with Gasteiger partial charge in [0, 0.05) is 20.2 Å². The van der Waals surface area contributed by atoms with E-state index < -0.39 is 0 Å². The molecule has 2 aromatic carbocycles. The molecule has 94 valence electrons. The van der Waals surface area contributed by atoms with Crippen LogP contribution in [0.25, 0.3) is 0 Å². The number of halogens is 3. The first kappa shape index (κ1) is 13.6. The molecule has 0 radical (unpaired) electrons. The maximum absolute atomic E-state index is 13.8. The number of nitrogens with one attached hydrogen (secondary N) is 1. The second-order valence-corrected chi connectivity index (χ2v) is 5.87. The molecular formula is C14H12Br2FN. The molecule has 0 saturated heterocycles. The Bertz CT molecular complexity index is 540. The number of benzene rings is 2. The normalized spacial score (nSPS) is 12.2. The van der Waals surface area contributed by atoms with Gasteiger partial charge in [0.25, 0.3) is 0 Å². The van der Waals surface area contributed by atoms with E-state index in [1.165, 1.54) is 6.07 Å². The molecule has 0 amide bonds. The molecule has 1 N–H and O–H groups in total. The summed E-state index contributed by atoms with van der Waals surface area (Å²) in [5.41, 5.74) is 1.62. The molecule has 0 aliphatic heterocycles. The largest absolute Gasteiger partial charge is 0.378 e. The Kier molecular flexibility index (Phi) is 4.40. The Labute approximate surface area is 123 Å². The molecule has 2 rings (SSSR count). The fourth-order valence-electron chi connectivity index (χ4n) is 1.73. The zero-order chi connectivity index (χ0) is 13.1. The first-order valence-corrected chi connectivity index (χ1v) is 7.12. The summed E-state index contributed by atoms with van der Waals surface area (Å²) in [4.78, 5) is 0. The lowest BCUT2D eigenvalue weighted by Crippen LogP contribution is -2.08. The van der Waals surface area contributed by atoms with Gasteiger partial charge in [0.15, 0.2) is 0 Å². The monoisotopic (exact) mass is 371 g/mol. The van der Waals surface area contributed by atoms with Crippen LogP contribution in [0.15, 0.2) is 51.4 Å². The molecule has 0 fully saturated rings. The van der Waals surface area contributed by atoms with Crippen molar-refractivity contribution in [2.24, 2.45) is 0 Å². The molecule has 1 nitrogen and oxygen atoms in total. The molecular weight excluding hydrogens is 361 g/mol. The number of anilines is 1. The van der Waals surface area contributed by atoms with Crippen LogP contribution >= 0.6 is 31.9 Å². The van der Waals surface area contributed by atoms with Gasteiger partial charge < -0.3 is 5.32 Å². The summed E-state index contributed by atoms with van der Waals surface area (Å²) >= 11 is 6.64. The third-order valence-corrected chi connectivity index (χ3v) is 3.68. The van der Waals surface area contributed by atoms with Gasteiger partial charge in [0.2, 0.25) is 0 Å². The highest BCUT2D eigenvalue weighted by molar-refractivity contribution is 9.10. The molecule has 2 aromatic rings. The van der Waals surface area contributed by atoms with E-state index in [1.807, 2.05) is 37.3 Å². The minimum absolute atomic E-state index is 0.0840. The molecule has 4 heteroatoms. The molecule has 1 unspecified atom stereocenters. The maximum atomic E-state index is 13.8. The van der Waals surface area contributed by atoms with E-state index in [0.717, 1.165) is 14.6 Å². The Hall–Kier alpha value is -0.870. The van der Waals surface area contributed by atoms with Crippen LogP contribution < -0.4 is 5.32 Å². The van der Waals surface area contributed by atoms with Crippen LogP contribution in [0.2, 0.25) is 0 Å². The highest BCUT2D eigenvalue weighted by Crippen LogP contribution is 2.24. The van der Waals surface area contributed by atoms with Crippen molar-refractivity contribution in [2.45, 2.75) is 13.0 Å². The van der Waals surface area contributed by atoms with Crippen LogP contribution in [0.1, 0.15) is 18.5 Å². The summed E-state index contributed by atoms with van der Waals surface area (Å²) in [6.07, 6.45) is 0. The molecule has 0 aliphatic rings. The molecule has 0 spiro atoms. The lowest BCUT2D eigenvalue weighted by molar-refractivity contribution is 0.599. The molecule has 0 aromatic heterocycles. The lowest BCUT2D eigenvalue weighted by Gasteiger charge is -2.16. The molecule has 0 bridgehead atoms. The maximum Gasteiger partial charge on any atom is 0.129 e. The van der Waals surface area contributed by atoms with Crippen LogP contribution in [0.3, 0.4) is 0 Å². The third kappa shape index (κ3) is 3.33. The van der Waals surface area contributed by atoms with Gasteiger partial charge in [-0.2, -0.15) is 0 Å². The van der Waals surface area contributed by atoms with Gasteiger partial charge in [0.05, 0.1) is 6.04 Å². The number of hydrogen-bond donors (Lipinski definition) is 1. The Balaban J connectivity index is 2.16. The van der Waals surface area contributed by atoms with Crippen molar-refractivity contribution < 1.29 is 4.39 Å². The van der Waals surface area contributed by atoms with Gasteiger partial charge in [-0.15, -0.1) is 0 Å². The number of rotatable bonds is 3. The van der Waals surface area contributed by atoms with Crippen LogP contribution in [-0.2, 0) is 0 Å². The Morgan fingerprint density at radius 2 is 1.61 bits per heavy atom. The van der Waals surface area contributed by atoms with Gasteiger partial charge in [-0.25, -0.2) is 4.39 Å². The summed E-state index contributed by atoms with van der Waals surface area (Å²) < 4.78 is 15.6. The highest BCUT2D eigenvalue weighted by Gasteiger charge is 2.10. The molecule has 0 aliphatic carbocycles. The lowest BCUT2D eigenvalue weighted by atomic mass is 10.1. The van der Waals surface area contributed by atoms with Crippen LogP contribution in [-0.4, -0.2) is 0 Å². The highest BCUT2D eigenvalue weighted by atomic mass is 79.9. The first-order valence-electron chi connectivity index (χ1n) is 5.53. The standard InChI is InChI=1S/C14H12Br2FN/c1-9(13-7-4-11(16)8-14(13)17)18-12-5-2-10(15)3-6-12/h2-9,18H,1H3. The smallest absolute Gasteiger partial charge is 0.129 e. The minimum atomic E-state index is -0.207. The summed E-state index contributed by atoms with van der Waals surface area (Å²) in [5, 5.41) is 3.27. The predicted molar refractivity (Wildman–Crippen MR) is 80.3 cm³/mol. The van der Waals surface area contributed by atoms with Crippen molar-refractivity contribution in [3.63, 3.8) is 0 Å². The van der Waals surface area contributed by atoms with E-state index in [9.17, 15) is 4.39 Å². The summed E-state index contributed by atoms with van der Waals surface area (Å²) in [7, 11) is 0. The second-order valence-electron chi connectivity index (χ2n) is 4.04. The van der Waals surface area contributed by atoms with E-state index in [0.29, 0.717) is 5.56 Å². The zero-order valence-corrected chi connectivity index (χ0v) is 12.9. The SMILES string of the molecule is CC(Nc1ccc(Br)cc1)c1ccc(Br)cc1F. The summed E-state index contributed by atoms with van der Waals surface area (Å²) in [5.74, 6) is -0.207. The van der Waals surface area contributed by atoms with E-state index in [-0.39, 0.29) is 11.9 Å². The fourth-order valence-corrected chi connectivity index (χ4v) is 2.32. The molecule has 0 heterocycles. The fraction of sp³-hybridized carbons (Fsp3) is 0.143. The number of hydrogen-bond acceptors (Lipinski definition) is 1. The topological polar surface area (TPSA) is 12.0 Å². The van der Waals surface area contributed by atoms with Crippen molar-refractivity contribution in [1.29, 1.82) is 0 Å². The average molecular weight is 373 g/mol. The summed E-state index contributed by atoms with van der Waals surface area (Å²) in [6, 6.07) is 12.8. The summed E-state index contributed by atoms with van der Waals surface area (Å²) in [6.45, 7) is 1.94. The second kappa shape index (κ2) is 5.85. The van der Waals surface area contributed by atoms with Gasteiger partial charge in [-0.05, 0) is 43.3 Å². The Morgan fingerprint density at radius 1 is 1.00 bits per heavy atom. The van der Waals surface area contributed by atoms with E-state index in [2.05, 4.69) is 37.2 Å². The minimum Gasteiger partial charge on any atom is -0.378 e. The van der Waals surface area contributed by atoms with Crippen LogP contribution in [0.5, 0.6) is 0 Å². The van der Waals surface area contributed by atoms with Crippen LogP contribution in [0.4, 0.5) is 10.1 Å². The van der Waals surface area contributed by atoms with Crippen molar-refractivity contribution in [3.05, 3.63) is 62.8 Å². The average Bonchev–Trinajstić information content (AvgIpc) is 2.32. The van der Waals surface area contributed by atoms with E-state index in [4.69, 9.17) is 0 Å². The van der Waals surface area contributed by atoms with Gasteiger partial charge in [-0.1, -0.05) is 37.9 Å². The van der Waals surface area contributed by atoms with Crippen LogP contribution in [0, 0.1) is 5.82 Å². The van der Waals surface area contributed by atoms with Crippen molar-refractivity contribution in [1.82, 2.24) is 0 Å². The van der Waals surface area contributed by atoms with E-state index >= 15 is 0 Å². The molecule has 1 atom stereocenters.